The number of ether oxygens (including phenoxy) is 1. The van der Waals surface area contributed by atoms with Gasteiger partial charge in [-0.2, -0.15) is 0 Å². The van der Waals surface area contributed by atoms with E-state index in [1.807, 2.05) is 32.0 Å². The summed E-state index contributed by atoms with van der Waals surface area (Å²) in [4.78, 5) is 4.62. The zero-order valence-electron chi connectivity index (χ0n) is 12.8. The molecule has 0 radical (unpaired) electrons. The molecule has 0 bridgehead atoms. The number of likely N-dealkylation sites (N-methyl/N-ethyl adjacent to an activating group) is 1. The van der Waals surface area contributed by atoms with Crippen LogP contribution in [0.2, 0.25) is 0 Å². The maximum absolute atomic E-state index is 10.1. The summed E-state index contributed by atoms with van der Waals surface area (Å²) in [6.45, 7) is 9.32. The molecule has 1 N–H and O–H groups in total. The van der Waals surface area contributed by atoms with Crippen LogP contribution >= 0.6 is 0 Å². The van der Waals surface area contributed by atoms with Gasteiger partial charge in [-0.1, -0.05) is 18.2 Å². The van der Waals surface area contributed by atoms with E-state index in [1.165, 1.54) is 0 Å². The van der Waals surface area contributed by atoms with E-state index in [9.17, 15) is 5.11 Å². The first-order chi connectivity index (χ1) is 9.56. The molecule has 1 fully saturated rings. The Morgan fingerprint density at radius 1 is 1.15 bits per heavy atom. The lowest BCUT2D eigenvalue weighted by atomic mass is 10.1. The minimum Gasteiger partial charge on any atom is -0.490 e. The van der Waals surface area contributed by atoms with Gasteiger partial charge < -0.3 is 14.7 Å². The maximum atomic E-state index is 10.1. The highest BCUT2D eigenvalue weighted by Gasteiger charge is 2.17. The van der Waals surface area contributed by atoms with Crippen LogP contribution in [0.5, 0.6) is 5.75 Å². The number of piperazine rings is 1. The van der Waals surface area contributed by atoms with E-state index in [0.717, 1.165) is 43.1 Å². The van der Waals surface area contributed by atoms with Gasteiger partial charge >= 0.3 is 0 Å². The van der Waals surface area contributed by atoms with E-state index in [0.29, 0.717) is 13.2 Å². The third-order valence-electron chi connectivity index (χ3n) is 3.89. The van der Waals surface area contributed by atoms with E-state index < -0.39 is 6.10 Å². The van der Waals surface area contributed by atoms with Gasteiger partial charge in [-0.15, -0.1) is 0 Å². The molecule has 2 rings (SSSR count). The normalized spacial score (nSPS) is 19.0. The third kappa shape index (κ3) is 4.20. The first kappa shape index (κ1) is 15.3. The molecule has 1 aliphatic heterocycles. The molecule has 0 spiro atoms. The predicted molar refractivity (Wildman–Crippen MR) is 81.4 cm³/mol. The SMILES string of the molecule is Cc1cccc(C)c1OC[C@H](O)CN1CCN(C)CC1. The standard InChI is InChI=1S/C16H26N2O2/c1-13-5-4-6-14(2)16(13)20-12-15(19)11-18-9-7-17(3)8-10-18/h4-6,15,19H,7-12H2,1-3H3/t15-/m1/s1. The van der Waals surface area contributed by atoms with Crippen molar-refractivity contribution in [2.75, 3.05) is 46.4 Å². The molecule has 1 atom stereocenters. The molecule has 0 saturated carbocycles. The van der Waals surface area contributed by atoms with Gasteiger partial charge in [0.2, 0.25) is 0 Å². The summed E-state index contributed by atoms with van der Waals surface area (Å²) in [5.41, 5.74) is 2.24. The van der Waals surface area contributed by atoms with Crippen molar-refractivity contribution in [3.05, 3.63) is 29.3 Å². The Hall–Kier alpha value is -1.10. The Morgan fingerprint density at radius 2 is 1.75 bits per heavy atom. The molecule has 1 aromatic carbocycles. The molecule has 0 aromatic heterocycles. The van der Waals surface area contributed by atoms with E-state index in [2.05, 4.69) is 16.8 Å². The Kier molecular flexibility index (Phi) is 5.40. The van der Waals surface area contributed by atoms with Crippen LogP contribution in [0.25, 0.3) is 0 Å². The van der Waals surface area contributed by atoms with Crippen LogP contribution in [0.3, 0.4) is 0 Å². The highest BCUT2D eigenvalue weighted by molar-refractivity contribution is 5.39. The Labute approximate surface area is 122 Å². The molecule has 20 heavy (non-hydrogen) atoms. The topological polar surface area (TPSA) is 35.9 Å². The van der Waals surface area contributed by atoms with E-state index >= 15 is 0 Å². The van der Waals surface area contributed by atoms with Gasteiger partial charge in [-0.05, 0) is 32.0 Å². The van der Waals surface area contributed by atoms with Gasteiger partial charge in [0.15, 0.2) is 0 Å². The molecule has 0 aliphatic carbocycles. The molecule has 1 heterocycles. The summed E-state index contributed by atoms with van der Waals surface area (Å²) >= 11 is 0. The summed E-state index contributed by atoms with van der Waals surface area (Å²) < 4.78 is 5.80. The monoisotopic (exact) mass is 278 g/mol. The van der Waals surface area contributed by atoms with Gasteiger partial charge in [-0.25, -0.2) is 0 Å². The summed E-state index contributed by atoms with van der Waals surface area (Å²) in [7, 11) is 2.14. The van der Waals surface area contributed by atoms with Crippen LogP contribution in [-0.4, -0.2) is 67.4 Å². The van der Waals surface area contributed by atoms with Gasteiger partial charge in [0.05, 0.1) is 0 Å². The van der Waals surface area contributed by atoms with Crippen molar-refractivity contribution in [2.45, 2.75) is 20.0 Å². The first-order valence-corrected chi connectivity index (χ1v) is 7.34. The van der Waals surface area contributed by atoms with Gasteiger partial charge in [0.25, 0.3) is 0 Å². The second kappa shape index (κ2) is 7.07. The lowest BCUT2D eigenvalue weighted by Crippen LogP contribution is -2.47. The number of benzene rings is 1. The minimum absolute atomic E-state index is 0.359. The van der Waals surface area contributed by atoms with Crippen molar-refractivity contribution in [3.8, 4) is 5.75 Å². The van der Waals surface area contributed by atoms with Crippen molar-refractivity contribution < 1.29 is 9.84 Å². The summed E-state index contributed by atoms with van der Waals surface area (Å²) in [6.07, 6.45) is -0.433. The molecular weight excluding hydrogens is 252 g/mol. The molecule has 1 aliphatic rings. The van der Waals surface area contributed by atoms with Crippen molar-refractivity contribution in [3.63, 3.8) is 0 Å². The number of β-amino-alcohol motifs (C(OH)–C–C–N with tert-alkyl or cyclic N) is 1. The van der Waals surface area contributed by atoms with Crippen molar-refractivity contribution in [1.82, 2.24) is 9.80 Å². The molecule has 1 saturated heterocycles. The van der Waals surface area contributed by atoms with Gasteiger partial charge in [0.1, 0.15) is 18.5 Å². The maximum Gasteiger partial charge on any atom is 0.125 e. The summed E-state index contributed by atoms with van der Waals surface area (Å²) in [6, 6.07) is 6.10. The van der Waals surface area contributed by atoms with Crippen molar-refractivity contribution >= 4 is 0 Å². The lowest BCUT2D eigenvalue weighted by molar-refractivity contribution is 0.0501. The van der Waals surface area contributed by atoms with Crippen molar-refractivity contribution in [1.29, 1.82) is 0 Å². The number of para-hydroxylation sites is 1. The zero-order valence-corrected chi connectivity index (χ0v) is 12.8. The van der Waals surface area contributed by atoms with Crippen LogP contribution in [0.15, 0.2) is 18.2 Å². The van der Waals surface area contributed by atoms with E-state index in [-0.39, 0.29) is 0 Å². The van der Waals surface area contributed by atoms with E-state index in [4.69, 9.17) is 4.74 Å². The molecule has 1 aromatic rings. The Morgan fingerprint density at radius 3 is 2.35 bits per heavy atom. The van der Waals surface area contributed by atoms with Crippen LogP contribution in [0.1, 0.15) is 11.1 Å². The average Bonchev–Trinajstić information content (AvgIpc) is 2.41. The minimum atomic E-state index is -0.433. The molecule has 0 amide bonds. The molecule has 0 unspecified atom stereocenters. The van der Waals surface area contributed by atoms with Gasteiger partial charge in [-0.3, -0.25) is 4.90 Å². The quantitative estimate of drug-likeness (QED) is 0.880. The van der Waals surface area contributed by atoms with Gasteiger partial charge in [0, 0.05) is 32.7 Å². The molecule has 4 heteroatoms. The fourth-order valence-electron chi connectivity index (χ4n) is 2.59. The number of aliphatic hydroxyl groups is 1. The fraction of sp³-hybridized carbons (Fsp3) is 0.625. The van der Waals surface area contributed by atoms with Crippen molar-refractivity contribution in [2.24, 2.45) is 0 Å². The lowest BCUT2D eigenvalue weighted by Gasteiger charge is -2.33. The van der Waals surface area contributed by atoms with E-state index in [1.54, 1.807) is 0 Å². The number of hydrogen-bond donors (Lipinski definition) is 1. The highest BCUT2D eigenvalue weighted by Crippen LogP contribution is 2.22. The number of rotatable bonds is 5. The van der Waals surface area contributed by atoms with Crippen LogP contribution in [0.4, 0.5) is 0 Å². The number of nitrogens with zero attached hydrogens (tertiary/aromatic N) is 2. The largest absolute Gasteiger partial charge is 0.490 e. The second-order valence-electron chi connectivity index (χ2n) is 5.79. The molecule has 4 nitrogen and oxygen atoms in total. The third-order valence-corrected chi connectivity index (χ3v) is 3.89. The first-order valence-electron chi connectivity index (χ1n) is 7.34. The molecule has 112 valence electrons. The van der Waals surface area contributed by atoms with Crippen LogP contribution in [-0.2, 0) is 0 Å². The fourth-order valence-corrected chi connectivity index (χ4v) is 2.59. The van der Waals surface area contributed by atoms with Crippen LogP contribution in [0, 0.1) is 13.8 Å². The average molecular weight is 278 g/mol. The zero-order chi connectivity index (χ0) is 14.5. The number of aryl methyl sites for hydroxylation is 2. The Balaban J connectivity index is 1.79. The summed E-state index contributed by atoms with van der Waals surface area (Å²) in [5, 5.41) is 10.1. The Bertz CT molecular complexity index is 408. The number of hydrogen-bond acceptors (Lipinski definition) is 4. The smallest absolute Gasteiger partial charge is 0.125 e. The summed E-state index contributed by atoms with van der Waals surface area (Å²) in [5.74, 6) is 0.907. The predicted octanol–water partition coefficient (Wildman–Crippen LogP) is 1.29. The highest BCUT2D eigenvalue weighted by atomic mass is 16.5. The van der Waals surface area contributed by atoms with Crippen LogP contribution < -0.4 is 4.74 Å². The second-order valence-corrected chi connectivity index (χ2v) is 5.79. The molecular formula is C16H26N2O2. The number of aliphatic hydroxyl groups excluding tert-OH is 1.